The maximum absolute atomic E-state index is 5.40. The summed E-state index contributed by atoms with van der Waals surface area (Å²) < 4.78 is 7.70. The highest BCUT2D eigenvalue weighted by atomic mass is 16.5. The van der Waals surface area contributed by atoms with E-state index >= 15 is 0 Å². The first-order valence-corrected chi connectivity index (χ1v) is 8.44. The van der Waals surface area contributed by atoms with Crippen LogP contribution < -0.4 is 4.74 Å². The van der Waals surface area contributed by atoms with Crippen molar-refractivity contribution in [1.29, 1.82) is 0 Å². The second-order valence-corrected chi connectivity index (χ2v) is 6.11. The van der Waals surface area contributed by atoms with E-state index in [-0.39, 0.29) is 6.04 Å². The molecule has 1 aromatic heterocycles. The van der Waals surface area contributed by atoms with Gasteiger partial charge in [0, 0.05) is 5.56 Å². The Balaban J connectivity index is 1.95. The quantitative estimate of drug-likeness (QED) is 0.507. The number of methoxy groups -OCH3 is 1. The molecule has 4 rings (SSSR count). The van der Waals surface area contributed by atoms with E-state index in [1.165, 1.54) is 5.56 Å². The van der Waals surface area contributed by atoms with E-state index in [1.54, 1.807) is 7.11 Å². The normalized spacial score (nSPS) is 12.2. The van der Waals surface area contributed by atoms with Gasteiger partial charge in [0.1, 0.15) is 11.6 Å². The monoisotopic (exact) mass is 328 g/mol. The fourth-order valence-corrected chi connectivity index (χ4v) is 3.28. The minimum Gasteiger partial charge on any atom is -0.497 e. The second-order valence-electron chi connectivity index (χ2n) is 6.11. The zero-order valence-corrected chi connectivity index (χ0v) is 14.4. The molecule has 25 heavy (non-hydrogen) atoms. The third kappa shape index (κ3) is 2.78. The lowest BCUT2D eigenvalue weighted by Crippen LogP contribution is -2.08. The Labute approximate surface area is 147 Å². The van der Waals surface area contributed by atoms with E-state index in [1.807, 2.05) is 30.3 Å². The van der Waals surface area contributed by atoms with Gasteiger partial charge in [-0.25, -0.2) is 4.98 Å². The number of hydrogen-bond acceptors (Lipinski definition) is 2. The van der Waals surface area contributed by atoms with Gasteiger partial charge >= 0.3 is 0 Å². The van der Waals surface area contributed by atoms with Crippen molar-refractivity contribution in [2.45, 2.75) is 13.0 Å². The SMILES string of the molecule is COc1cccc(-c2nc3ccccc3n2C(C)c2ccccc2)c1. The Bertz CT molecular complexity index is 1000. The molecular formula is C22H20N2O. The molecule has 1 heterocycles. The standard InChI is InChI=1S/C22H20N2O/c1-16(17-9-4-3-5-10-17)24-21-14-7-6-13-20(21)23-22(24)18-11-8-12-19(15-18)25-2/h3-16H,1-2H3. The van der Waals surface area contributed by atoms with Crippen molar-refractivity contribution in [2.75, 3.05) is 7.11 Å². The van der Waals surface area contributed by atoms with Gasteiger partial charge < -0.3 is 9.30 Å². The molecule has 124 valence electrons. The number of imidazole rings is 1. The van der Waals surface area contributed by atoms with Crippen LogP contribution in [0.2, 0.25) is 0 Å². The maximum Gasteiger partial charge on any atom is 0.141 e. The van der Waals surface area contributed by atoms with E-state index in [9.17, 15) is 0 Å². The molecule has 1 unspecified atom stereocenters. The molecule has 0 saturated heterocycles. The highest BCUT2D eigenvalue weighted by Gasteiger charge is 2.18. The topological polar surface area (TPSA) is 27.1 Å². The molecular weight excluding hydrogens is 308 g/mol. The summed E-state index contributed by atoms with van der Waals surface area (Å²) in [7, 11) is 1.69. The average Bonchev–Trinajstić information content (AvgIpc) is 3.07. The van der Waals surface area contributed by atoms with E-state index in [0.717, 1.165) is 28.2 Å². The molecule has 4 aromatic rings. The number of hydrogen-bond donors (Lipinski definition) is 0. The van der Waals surface area contributed by atoms with Gasteiger partial charge in [0.25, 0.3) is 0 Å². The van der Waals surface area contributed by atoms with Crippen LogP contribution in [0, 0.1) is 0 Å². The summed E-state index contributed by atoms with van der Waals surface area (Å²) in [5.41, 5.74) is 4.45. The smallest absolute Gasteiger partial charge is 0.141 e. The molecule has 3 nitrogen and oxygen atoms in total. The molecule has 0 aliphatic rings. The first-order chi connectivity index (χ1) is 12.3. The van der Waals surface area contributed by atoms with Crippen molar-refractivity contribution in [1.82, 2.24) is 9.55 Å². The molecule has 0 spiro atoms. The Morgan fingerprint density at radius 3 is 2.44 bits per heavy atom. The summed E-state index contributed by atoms with van der Waals surface area (Å²) in [6.45, 7) is 2.22. The van der Waals surface area contributed by atoms with Gasteiger partial charge in [-0.3, -0.25) is 0 Å². The van der Waals surface area contributed by atoms with Gasteiger partial charge in [-0.1, -0.05) is 54.6 Å². The molecule has 0 fully saturated rings. The van der Waals surface area contributed by atoms with Crippen LogP contribution in [-0.2, 0) is 0 Å². The lowest BCUT2D eigenvalue weighted by atomic mass is 10.1. The van der Waals surface area contributed by atoms with Crippen molar-refractivity contribution in [3.63, 3.8) is 0 Å². The van der Waals surface area contributed by atoms with Gasteiger partial charge in [-0.2, -0.15) is 0 Å². The van der Waals surface area contributed by atoms with Crippen molar-refractivity contribution in [3.8, 4) is 17.1 Å². The molecule has 3 aromatic carbocycles. The Kier molecular flexibility index (Phi) is 3.98. The number of benzene rings is 3. The first-order valence-electron chi connectivity index (χ1n) is 8.44. The van der Waals surface area contributed by atoms with Gasteiger partial charge in [0.15, 0.2) is 0 Å². The zero-order chi connectivity index (χ0) is 17.2. The molecule has 0 N–H and O–H groups in total. The third-order valence-electron chi connectivity index (χ3n) is 4.59. The fourth-order valence-electron chi connectivity index (χ4n) is 3.28. The minimum absolute atomic E-state index is 0.176. The van der Waals surface area contributed by atoms with E-state index in [2.05, 4.69) is 60.0 Å². The molecule has 0 bridgehead atoms. The van der Waals surface area contributed by atoms with Crippen LogP contribution in [-0.4, -0.2) is 16.7 Å². The highest BCUT2D eigenvalue weighted by Crippen LogP contribution is 2.32. The maximum atomic E-state index is 5.40. The molecule has 0 radical (unpaired) electrons. The number of nitrogens with zero attached hydrogens (tertiary/aromatic N) is 2. The van der Waals surface area contributed by atoms with Crippen molar-refractivity contribution in [2.24, 2.45) is 0 Å². The largest absolute Gasteiger partial charge is 0.497 e. The molecule has 3 heteroatoms. The summed E-state index contributed by atoms with van der Waals surface area (Å²) in [6, 6.07) is 27.1. The predicted octanol–water partition coefficient (Wildman–Crippen LogP) is 5.32. The number of fused-ring (bicyclic) bond motifs is 1. The lowest BCUT2D eigenvalue weighted by Gasteiger charge is -2.18. The number of aromatic nitrogens is 2. The summed E-state index contributed by atoms with van der Waals surface area (Å²) >= 11 is 0. The second kappa shape index (κ2) is 6.44. The van der Waals surface area contributed by atoms with E-state index in [4.69, 9.17) is 9.72 Å². The molecule has 0 aliphatic heterocycles. The van der Waals surface area contributed by atoms with Crippen molar-refractivity contribution < 1.29 is 4.74 Å². The Morgan fingerprint density at radius 2 is 1.64 bits per heavy atom. The number of rotatable bonds is 4. The van der Waals surface area contributed by atoms with Crippen molar-refractivity contribution >= 4 is 11.0 Å². The van der Waals surface area contributed by atoms with Crippen LogP contribution in [0.5, 0.6) is 5.75 Å². The summed E-state index contributed by atoms with van der Waals surface area (Å²) in [5.74, 6) is 1.79. The minimum atomic E-state index is 0.176. The van der Waals surface area contributed by atoms with Gasteiger partial charge in [-0.05, 0) is 36.8 Å². The van der Waals surface area contributed by atoms with Gasteiger partial charge in [0.2, 0.25) is 0 Å². The van der Waals surface area contributed by atoms with Gasteiger partial charge in [0.05, 0.1) is 24.2 Å². The lowest BCUT2D eigenvalue weighted by molar-refractivity contribution is 0.415. The fraction of sp³-hybridized carbons (Fsp3) is 0.136. The molecule has 0 saturated carbocycles. The first kappa shape index (κ1) is 15.5. The van der Waals surface area contributed by atoms with E-state index in [0.29, 0.717) is 0 Å². The predicted molar refractivity (Wildman–Crippen MR) is 102 cm³/mol. The Morgan fingerprint density at radius 1 is 0.880 bits per heavy atom. The van der Waals surface area contributed by atoms with Crippen LogP contribution in [0.4, 0.5) is 0 Å². The summed E-state index contributed by atoms with van der Waals surface area (Å²) in [6.07, 6.45) is 0. The molecule has 0 amide bonds. The van der Waals surface area contributed by atoms with Crippen LogP contribution in [0.1, 0.15) is 18.5 Å². The van der Waals surface area contributed by atoms with Gasteiger partial charge in [-0.15, -0.1) is 0 Å². The van der Waals surface area contributed by atoms with Crippen LogP contribution in [0.25, 0.3) is 22.4 Å². The van der Waals surface area contributed by atoms with Crippen LogP contribution in [0.3, 0.4) is 0 Å². The third-order valence-corrected chi connectivity index (χ3v) is 4.59. The van der Waals surface area contributed by atoms with E-state index < -0.39 is 0 Å². The summed E-state index contributed by atoms with van der Waals surface area (Å²) in [5, 5.41) is 0. The average molecular weight is 328 g/mol. The number of para-hydroxylation sites is 2. The molecule has 0 aliphatic carbocycles. The van der Waals surface area contributed by atoms with Crippen molar-refractivity contribution in [3.05, 3.63) is 84.4 Å². The summed E-state index contributed by atoms with van der Waals surface area (Å²) in [4.78, 5) is 4.91. The van der Waals surface area contributed by atoms with Crippen LogP contribution >= 0.6 is 0 Å². The number of ether oxygens (including phenoxy) is 1. The van der Waals surface area contributed by atoms with Crippen LogP contribution in [0.15, 0.2) is 78.9 Å². The zero-order valence-electron chi connectivity index (χ0n) is 14.4. The Hall–Kier alpha value is -3.07. The highest BCUT2D eigenvalue weighted by molar-refractivity contribution is 5.81. The molecule has 1 atom stereocenters.